The van der Waals surface area contributed by atoms with E-state index in [0.29, 0.717) is 0 Å². The van der Waals surface area contributed by atoms with E-state index in [9.17, 15) is 27.6 Å². The van der Waals surface area contributed by atoms with E-state index in [0.717, 1.165) is 35.1 Å². The van der Waals surface area contributed by atoms with Gasteiger partial charge in [0, 0.05) is 12.5 Å². The number of benzene rings is 2. The molecule has 0 heterocycles. The first-order chi connectivity index (χ1) is 16.6. The van der Waals surface area contributed by atoms with Gasteiger partial charge in [-0.2, -0.15) is 13.2 Å². The van der Waals surface area contributed by atoms with E-state index in [2.05, 4.69) is 5.32 Å². The second-order valence-corrected chi connectivity index (χ2v) is 8.88. The van der Waals surface area contributed by atoms with Crippen molar-refractivity contribution in [3.05, 3.63) is 59.7 Å². The van der Waals surface area contributed by atoms with Crippen molar-refractivity contribution in [2.75, 3.05) is 13.2 Å². The van der Waals surface area contributed by atoms with Gasteiger partial charge in [-0.1, -0.05) is 61.4 Å². The van der Waals surface area contributed by atoms with Crippen LogP contribution in [0.4, 0.5) is 18.0 Å². The van der Waals surface area contributed by atoms with Crippen molar-refractivity contribution in [1.29, 1.82) is 0 Å². The van der Waals surface area contributed by atoms with Gasteiger partial charge in [0.1, 0.15) is 12.6 Å². The summed E-state index contributed by atoms with van der Waals surface area (Å²) in [4.78, 5) is 36.0. The lowest BCUT2D eigenvalue weighted by atomic mass is 9.98. The van der Waals surface area contributed by atoms with E-state index in [-0.39, 0.29) is 24.9 Å². The molecule has 1 fully saturated rings. The van der Waals surface area contributed by atoms with Gasteiger partial charge in [-0.25, -0.2) is 4.79 Å². The van der Waals surface area contributed by atoms with Crippen LogP contribution in [0.3, 0.4) is 0 Å². The summed E-state index contributed by atoms with van der Waals surface area (Å²) in [6, 6.07) is 14.5. The van der Waals surface area contributed by atoms with Gasteiger partial charge in [-0.3, -0.25) is 9.59 Å². The maximum absolute atomic E-state index is 12.9. The molecule has 2 unspecified atom stereocenters. The molecule has 2 aliphatic rings. The highest BCUT2D eigenvalue weighted by Crippen LogP contribution is 2.44. The molecule has 0 bridgehead atoms. The molecule has 0 radical (unpaired) electrons. The number of alkyl carbamates (subject to hydrolysis) is 1. The van der Waals surface area contributed by atoms with Gasteiger partial charge in [0.2, 0.25) is 5.91 Å². The van der Waals surface area contributed by atoms with Crippen LogP contribution >= 0.6 is 0 Å². The number of carboxylic acid groups (broad SMARTS) is 1. The number of fused-ring (bicyclic) bond motifs is 3. The van der Waals surface area contributed by atoms with Crippen LogP contribution in [0.25, 0.3) is 11.1 Å². The Bertz CT molecular complexity index is 1070. The van der Waals surface area contributed by atoms with Crippen LogP contribution in [-0.4, -0.2) is 48.4 Å². The third-order valence-corrected chi connectivity index (χ3v) is 6.39. The lowest BCUT2D eigenvalue weighted by Crippen LogP contribution is -2.50. The van der Waals surface area contributed by atoms with Crippen LogP contribution in [0, 0.1) is 11.8 Å². The number of nitrogens with one attached hydrogen (secondary N) is 2. The van der Waals surface area contributed by atoms with Crippen molar-refractivity contribution in [2.45, 2.75) is 37.4 Å². The number of halogens is 3. The van der Waals surface area contributed by atoms with Gasteiger partial charge in [0.15, 0.2) is 5.92 Å². The molecule has 2 aromatic carbocycles. The molecule has 2 aliphatic carbocycles. The molecule has 4 rings (SSSR count). The number of hydrogen-bond acceptors (Lipinski definition) is 4. The van der Waals surface area contributed by atoms with E-state index < -0.39 is 42.7 Å². The normalized spacial score (nSPS) is 16.5. The molecule has 10 heteroatoms. The number of carbonyl (C=O) groups excluding carboxylic acids is 2. The van der Waals surface area contributed by atoms with Gasteiger partial charge in [-0.15, -0.1) is 0 Å². The van der Waals surface area contributed by atoms with Crippen LogP contribution in [-0.2, 0) is 14.3 Å². The average molecular weight is 490 g/mol. The molecule has 0 saturated heterocycles. The smallest absolute Gasteiger partial charge is 0.407 e. The summed E-state index contributed by atoms with van der Waals surface area (Å²) in [6.07, 6.45) is -3.95. The van der Waals surface area contributed by atoms with E-state index >= 15 is 0 Å². The summed E-state index contributed by atoms with van der Waals surface area (Å²) in [5.74, 6) is -5.71. The van der Waals surface area contributed by atoms with Crippen LogP contribution in [0.15, 0.2) is 48.5 Å². The van der Waals surface area contributed by atoms with E-state index in [1.807, 2.05) is 53.8 Å². The minimum absolute atomic E-state index is 0.0206. The molecule has 2 aromatic rings. The van der Waals surface area contributed by atoms with Gasteiger partial charge >= 0.3 is 18.2 Å². The Balaban J connectivity index is 1.38. The summed E-state index contributed by atoms with van der Waals surface area (Å²) < 4.78 is 44.1. The van der Waals surface area contributed by atoms with Gasteiger partial charge < -0.3 is 20.5 Å². The number of ether oxygens (including phenoxy) is 1. The topological polar surface area (TPSA) is 105 Å². The predicted octanol–water partition coefficient (Wildman–Crippen LogP) is 4.07. The third kappa shape index (κ3) is 5.75. The van der Waals surface area contributed by atoms with Crippen LogP contribution < -0.4 is 10.6 Å². The first-order valence-corrected chi connectivity index (χ1v) is 11.3. The maximum Gasteiger partial charge on any atom is 0.407 e. The fraction of sp³-hybridized carbons (Fsp3) is 0.400. The molecule has 0 aromatic heterocycles. The Morgan fingerprint density at radius 1 is 1.00 bits per heavy atom. The molecular formula is C25H25F3N2O5. The Morgan fingerprint density at radius 3 is 2.09 bits per heavy atom. The molecule has 2 atom stereocenters. The highest BCUT2D eigenvalue weighted by Gasteiger charge is 2.45. The number of carbonyl (C=O) groups is 3. The molecular weight excluding hydrogens is 465 g/mol. The summed E-state index contributed by atoms with van der Waals surface area (Å²) >= 11 is 0. The summed E-state index contributed by atoms with van der Waals surface area (Å²) in [6.45, 7) is -1.10. The van der Waals surface area contributed by atoms with Gasteiger partial charge in [0.05, 0.1) is 0 Å². The fourth-order valence-electron chi connectivity index (χ4n) is 4.37. The van der Waals surface area contributed by atoms with Crippen molar-refractivity contribution in [2.24, 2.45) is 11.8 Å². The SMILES string of the molecule is O=C(NC(CC1CC1)C(=O)NCC(C(=O)O)C(F)(F)F)OCC1c2ccccc2-c2ccccc21. The Hall–Kier alpha value is -3.56. The van der Waals surface area contributed by atoms with Gasteiger partial charge in [0.25, 0.3) is 0 Å². The standard InChI is InChI=1S/C25H25F3N2O5/c26-25(27,28)20(23(32)33)12-29-22(31)21(11-14-9-10-14)30-24(34)35-13-19-17-7-3-1-5-15(17)16-6-2-4-8-18(16)19/h1-8,14,19-21H,9-13H2,(H,29,31)(H,30,34)(H,32,33). The van der Waals surface area contributed by atoms with E-state index in [4.69, 9.17) is 9.84 Å². The van der Waals surface area contributed by atoms with Crippen molar-refractivity contribution < 1.29 is 37.4 Å². The number of hydrogen-bond donors (Lipinski definition) is 3. The molecule has 0 aliphatic heterocycles. The lowest BCUT2D eigenvalue weighted by molar-refractivity contribution is -0.192. The first kappa shape index (κ1) is 24.6. The Kier molecular flexibility index (Phi) is 7.00. The molecule has 35 heavy (non-hydrogen) atoms. The minimum atomic E-state index is -5.01. The fourth-order valence-corrected chi connectivity index (χ4v) is 4.37. The molecule has 186 valence electrons. The maximum atomic E-state index is 12.9. The highest BCUT2D eigenvalue weighted by molar-refractivity contribution is 5.86. The molecule has 1 saturated carbocycles. The predicted molar refractivity (Wildman–Crippen MR) is 120 cm³/mol. The first-order valence-electron chi connectivity index (χ1n) is 11.3. The van der Waals surface area contributed by atoms with Crippen LogP contribution in [0.2, 0.25) is 0 Å². The Morgan fingerprint density at radius 2 is 1.57 bits per heavy atom. The van der Waals surface area contributed by atoms with Crippen molar-refractivity contribution >= 4 is 18.0 Å². The highest BCUT2D eigenvalue weighted by atomic mass is 19.4. The van der Waals surface area contributed by atoms with Crippen LogP contribution in [0.5, 0.6) is 0 Å². The van der Waals surface area contributed by atoms with E-state index in [1.165, 1.54) is 0 Å². The number of amides is 2. The lowest BCUT2D eigenvalue weighted by Gasteiger charge is -2.21. The van der Waals surface area contributed by atoms with Crippen molar-refractivity contribution in [3.8, 4) is 11.1 Å². The zero-order chi connectivity index (χ0) is 25.2. The van der Waals surface area contributed by atoms with Crippen molar-refractivity contribution in [3.63, 3.8) is 0 Å². The monoisotopic (exact) mass is 490 g/mol. The minimum Gasteiger partial charge on any atom is -0.481 e. The van der Waals surface area contributed by atoms with Crippen molar-refractivity contribution in [1.82, 2.24) is 10.6 Å². The second kappa shape index (κ2) is 9.97. The van der Waals surface area contributed by atoms with E-state index in [1.54, 1.807) is 0 Å². The molecule has 3 N–H and O–H groups in total. The Labute approximate surface area is 199 Å². The zero-order valence-corrected chi connectivity index (χ0v) is 18.7. The zero-order valence-electron chi connectivity index (χ0n) is 18.7. The summed E-state index contributed by atoms with van der Waals surface area (Å²) in [7, 11) is 0. The third-order valence-electron chi connectivity index (χ3n) is 6.39. The largest absolute Gasteiger partial charge is 0.481 e. The summed E-state index contributed by atoms with van der Waals surface area (Å²) in [5.41, 5.74) is 4.14. The second-order valence-electron chi connectivity index (χ2n) is 8.88. The molecule has 0 spiro atoms. The summed E-state index contributed by atoms with van der Waals surface area (Å²) in [5, 5.41) is 13.3. The quantitative estimate of drug-likeness (QED) is 0.492. The van der Waals surface area contributed by atoms with Gasteiger partial charge in [-0.05, 0) is 34.6 Å². The number of aliphatic carboxylic acids is 1. The molecule has 2 amide bonds. The number of alkyl halides is 3. The average Bonchev–Trinajstić information content (AvgIpc) is 3.56. The molecule has 7 nitrogen and oxygen atoms in total. The van der Waals surface area contributed by atoms with Crippen LogP contribution in [0.1, 0.15) is 36.3 Å². The number of rotatable bonds is 9. The number of carboxylic acids is 1.